The van der Waals surface area contributed by atoms with Crippen molar-refractivity contribution in [3.63, 3.8) is 0 Å². The zero-order chi connectivity index (χ0) is 13.7. The highest BCUT2D eigenvalue weighted by Gasteiger charge is 2.15. The van der Waals surface area contributed by atoms with Crippen LogP contribution in [-0.4, -0.2) is 16.7 Å². The van der Waals surface area contributed by atoms with Gasteiger partial charge in [-0.15, -0.1) is 0 Å². The van der Waals surface area contributed by atoms with Gasteiger partial charge in [-0.2, -0.15) is 4.98 Å². The summed E-state index contributed by atoms with van der Waals surface area (Å²) in [4.78, 5) is 4.44. The van der Waals surface area contributed by atoms with E-state index in [9.17, 15) is 0 Å². The molecule has 1 aromatic carbocycles. The van der Waals surface area contributed by atoms with Gasteiger partial charge in [-0.1, -0.05) is 49.3 Å². The molecule has 0 bridgehead atoms. The fourth-order valence-electron chi connectivity index (χ4n) is 2.22. The fourth-order valence-corrected chi connectivity index (χ4v) is 2.22. The Bertz CT molecular complexity index is 493. The van der Waals surface area contributed by atoms with Crippen LogP contribution in [0.15, 0.2) is 34.9 Å². The van der Waals surface area contributed by atoms with Crippen LogP contribution in [0.2, 0.25) is 0 Å². The predicted molar refractivity (Wildman–Crippen MR) is 75.4 cm³/mol. The van der Waals surface area contributed by atoms with Crippen molar-refractivity contribution in [2.75, 3.05) is 6.54 Å². The van der Waals surface area contributed by atoms with E-state index in [0.29, 0.717) is 30.1 Å². The molecule has 1 atom stereocenters. The summed E-state index contributed by atoms with van der Waals surface area (Å²) in [5.41, 5.74) is 6.77. The molecular weight excluding hydrogens is 238 g/mol. The van der Waals surface area contributed by atoms with E-state index in [-0.39, 0.29) is 0 Å². The molecule has 19 heavy (non-hydrogen) atoms. The minimum Gasteiger partial charge on any atom is -0.339 e. The van der Waals surface area contributed by atoms with E-state index < -0.39 is 0 Å². The van der Waals surface area contributed by atoms with Gasteiger partial charge in [0, 0.05) is 12.0 Å². The topological polar surface area (TPSA) is 64.9 Å². The Morgan fingerprint density at radius 2 is 1.95 bits per heavy atom. The van der Waals surface area contributed by atoms with Crippen LogP contribution in [-0.2, 0) is 6.42 Å². The first-order valence-electron chi connectivity index (χ1n) is 6.77. The average Bonchev–Trinajstić information content (AvgIpc) is 2.87. The van der Waals surface area contributed by atoms with Gasteiger partial charge in [0.05, 0.1) is 0 Å². The van der Waals surface area contributed by atoms with E-state index in [1.807, 2.05) is 30.3 Å². The van der Waals surface area contributed by atoms with Gasteiger partial charge in [0.1, 0.15) is 0 Å². The molecule has 4 heteroatoms. The molecule has 4 nitrogen and oxygen atoms in total. The quantitative estimate of drug-likeness (QED) is 0.866. The normalized spacial score (nSPS) is 12.8. The van der Waals surface area contributed by atoms with E-state index in [0.717, 1.165) is 18.4 Å². The maximum Gasteiger partial charge on any atom is 0.227 e. The van der Waals surface area contributed by atoms with Crippen molar-refractivity contribution in [2.24, 2.45) is 17.6 Å². The van der Waals surface area contributed by atoms with E-state index in [2.05, 4.69) is 24.0 Å². The minimum absolute atomic E-state index is 0.407. The van der Waals surface area contributed by atoms with Crippen LogP contribution in [0.1, 0.15) is 26.2 Å². The van der Waals surface area contributed by atoms with Gasteiger partial charge in [0.25, 0.3) is 0 Å². The number of benzene rings is 1. The highest BCUT2D eigenvalue weighted by atomic mass is 16.5. The van der Waals surface area contributed by atoms with E-state index >= 15 is 0 Å². The number of hydrogen-bond donors (Lipinski definition) is 1. The summed E-state index contributed by atoms with van der Waals surface area (Å²) in [5.74, 6) is 2.36. The van der Waals surface area contributed by atoms with Crippen LogP contribution in [0.25, 0.3) is 11.4 Å². The first-order chi connectivity index (χ1) is 9.19. The molecule has 1 unspecified atom stereocenters. The molecule has 0 spiro atoms. The molecule has 1 heterocycles. The molecule has 0 aliphatic carbocycles. The lowest BCUT2D eigenvalue weighted by atomic mass is 9.94. The van der Waals surface area contributed by atoms with Crippen molar-refractivity contribution in [3.8, 4) is 11.4 Å². The van der Waals surface area contributed by atoms with Crippen LogP contribution >= 0.6 is 0 Å². The summed E-state index contributed by atoms with van der Waals surface area (Å²) in [6.07, 6.45) is 1.84. The van der Waals surface area contributed by atoms with Crippen LogP contribution in [0.3, 0.4) is 0 Å². The van der Waals surface area contributed by atoms with E-state index in [1.54, 1.807) is 0 Å². The molecule has 0 saturated carbocycles. The molecule has 0 radical (unpaired) electrons. The molecule has 2 aromatic rings. The molecule has 102 valence electrons. The van der Waals surface area contributed by atoms with Gasteiger partial charge >= 0.3 is 0 Å². The molecule has 1 aromatic heterocycles. The second-order valence-electron chi connectivity index (χ2n) is 5.31. The van der Waals surface area contributed by atoms with Crippen molar-refractivity contribution in [1.29, 1.82) is 0 Å². The molecule has 0 aliphatic rings. The third-order valence-electron chi connectivity index (χ3n) is 3.10. The zero-order valence-corrected chi connectivity index (χ0v) is 11.5. The second kappa shape index (κ2) is 6.48. The van der Waals surface area contributed by atoms with Crippen molar-refractivity contribution in [2.45, 2.75) is 26.7 Å². The Kier molecular flexibility index (Phi) is 4.68. The number of nitrogens with two attached hydrogens (primary N) is 1. The van der Waals surface area contributed by atoms with Crippen LogP contribution in [0, 0.1) is 11.8 Å². The SMILES string of the molecule is CC(C)CC(CN)Cc1nc(-c2ccccc2)no1. The van der Waals surface area contributed by atoms with Gasteiger partial charge in [-0.3, -0.25) is 0 Å². The van der Waals surface area contributed by atoms with Crippen LogP contribution < -0.4 is 5.73 Å². The molecule has 2 rings (SSSR count). The lowest BCUT2D eigenvalue weighted by Gasteiger charge is -2.14. The standard InChI is InChI=1S/C15H21N3O/c1-11(2)8-12(10-16)9-14-17-15(18-19-14)13-6-4-3-5-7-13/h3-7,11-12H,8-10,16H2,1-2H3. The van der Waals surface area contributed by atoms with Crippen molar-refractivity contribution >= 4 is 0 Å². The van der Waals surface area contributed by atoms with Gasteiger partial charge in [-0.05, 0) is 24.8 Å². The lowest BCUT2D eigenvalue weighted by Crippen LogP contribution is -2.19. The summed E-state index contributed by atoms with van der Waals surface area (Å²) < 4.78 is 5.32. The number of rotatable bonds is 6. The first kappa shape index (κ1) is 13.7. The molecule has 0 amide bonds. The molecule has 0 saturated heterocycles. The van der Waals surface area contributed by atoms with Crippen molar-refractivity contribution < 1.29 is 4.52 Å². The van der Waals surface area contributed by atoms with Crippen LogP contribution in [0.4, 0.5) is 0 Å². The zero-order valence-electron chi connectivity index (χ0n) is 11.5. The van der Waals surface area contributed by atoms with Gasteiger partial charge in [0.15, 0.2) is 0 Å². The Morgan fingerprint density at radius 1 is 1.21 bits per heavy atom. The highest BCUT2D eigenvalue weighted by molar-refractivity contribution is 5.53. The monoisotopic (exact) mass is 259 g/mol. The third kappa shape index (κ3) is 3.89. The van der Waals surface area contributed by atoms with E-state index in [1.165, 1.54) is 0 Å². The predicted octanol–water partition coefficient (Wildman–Crippen LogP) is 2.90. The van der Waals surface area contributed by atoms with Gasteiger partial charge < -0.3 is 10.3 Å². The Morgan fingerprint density at radius 3 is 2.58 bits per heavy atom. The fraction of sp³-hybridized carbons (Fsp3) is 0.467. The molecule has 0 aliphatic heterocycles. The summed E-state index contributed by atoms with van der Waals surface area (Å²) >= 11 is 0. The van der Waals surface area contributed by atoms with Crippen LogP contribution in [0.5, 0.6) is 0 Å². The largest absolute Gasteiger partial charge is 0.339 e. The Hall–Kier alpha value is -1.68. The highest BCUT2D eigenvalue weighted by Crippen LogP contribution is 2.19. The summed E-state index contributed by atoms with van der Waals surface area (Å²) in [6, 6.07) is 9.85. The number of aromatic nitrogens is 2. The van der Waals surface area contributed by atoms with Crippen molar-refractivity contribution in [1.82, 2.24) is 10.1 Å². The Balaban J connectivity index is 2.05. The summed E-state index contributed by atoms with van der Waals surface area (Å²) in [6.45, 7) is 5.05. The summed E-state index contributed by atoms with van der Waals surface area (Å²) in [5, 5.41) is 4.03. The molecule has 0 fully saturated rings. The first-order valence-corrected chi connectivity index (χ1v) is 6.77. The second-order valence-corrected chi connectivity index (χ2v) is 5.31. The smallest absolute Gasteiger partial charge is 0.227 e. The Labute approximate surface area is 114 Å². The third-order valence-corrected chi connectivity index (χ3v) is 3.10. The maximum atomic E-state index is 5.80. The number of hydrogen-bond acceptors (Lipinski definition) is 4. The minimum atomic E-state index is 0.407. The number of nitrogens with zero attached hydrogens (tertiary/aromatic N) is 2. The summed E-state index contributed by atoms with van der Waals surface area (Å²) in [7, 11) is 0. The lowest BCUT2D eigenvalue weighted by molar-refractivity contribution is 0.332. The average molecular weight is 259 g/mol. The van der Waals surface area contributed by atoms with Crippen molar-refractivity contribution in [3.05, 3.63) is 36.2 Å². The molecule has 2 N–H and O–H groups in total. The van der Waals surface area contributed by atoms with Gasteiger partial charge in [0.2, 0.25) is 11.7 Å². The maximum absolute atomic E-state index is 5.80. The van der Waals surface area contributed by atoms with E-state index in [4.69, 9.17) is 10.3 Å². The van der Waals surface area contributed by atoms with Gasteiger partial charge in [-0.25, -0.2) is 0 Å². The molecular formula is C15H21N3O.